The van der Waals surface area contributed by atoms with E-state index in [-0.39, 0.29) is 28.4 Å². The van der Waals surface area contributed by atoms with Crippen LogP contribution in [0.15, 0.2) is 47.4 Å². The molecule has 0 radical (unpaired) electrons. The topological polar surface area (TPSA) is 75.7 Å². The molecule has 2 atom stereocenters. The van der Waals surface area contributed by atoms with Crippen molar-refractivity contribution in [3.05, 3.63) is 53.6 Å². The third kappa shape index (κ3) is 5.01. The molecule has 2 fully saturated rings. The van der Waals surface area contributed by atoms with Gasteiger partial charge in [-0.2, -0.15) is 17.5 Å². The third-order valence-corrected chi connectivity index (χ3v) is 8.08. The summed E-state index contributed by atoms with van der Waals surface area (Å²) in [6, 6.07) is 9.31. The second-order valence-electron chi connectivity index (χ2n) is 8.39. The highest BCUT2D eigenvalue weighted by atomic mass is 32.2. The Balaban J connectivity index is 1.47. The smallest absolute Gasteiger partial charge is 0.416 e. The highest BCUT2D eigenvalue weighted by Crippen LogP contribution is 2.48. The second-order valence-corrected chi connectivity index (χ2v) is 10.3. The molecule has 0 spiro atoms. The van der Waals surface area contributed by atoms with Gasteiger partial charge in [-0.15, -0.1) is 0 Å². The maximum absolute atomic E-state index is 13.1. The largest absolute Gasteiger partial charge is 0.495 e. The van der Waals surface area contributed by atoms with E-state index in [1.54, 1.807) is 6.07 Å². The van der Waals surface area contributed by atoms with Gasteiger partial charge in [-0.1, -0.05) is 18.6 Å². The van der Waals surface area contributed by atoms with Gasteiger partial charge in [-0.3, -0.25) is 4.79 Å². The monoisotopic (exact) mass is 482 g/mol. The third-order valence-electron chi connectivity index (χ3n) is 6.16. The van der Waals surface area contributed by atoms with Crippen LogP contribution in [0.25, 0.3) is 0 Å². The van der Waals surface area contributed by atoms with E-state index in [0.717, 1.165) is 31.4 Å². The number of nitrogens with zero attached hydrogens (tertiary/aromatic N) is 1. The van der Waals surface area contributed by atoms with Crippen LogP contribution in [0.3, 0.4) is 0 Å². The Bertz CT molecular complexity index is 1130. The first-order chi connectivity index (χ1) is 15.6. The Morgan fingerprint density at radius 1 is 1.06 bits per heavy atom. The molecule has 10 heteroatoms. The molecule has 2 aromatic rings. The zero-order valence-electron chi connectivity index (χ0n) is 18.1. The molecule has 1 amide bonds. The lowest BCUT2D eigenvalue weighted by Crippen LogP contribution is -2.35. The van der Waals surface area contributed by atoms with Crippen LogP contribution in [-0.2, 0) is 21.0 Å². The summed E-state index contributed by atoms with van der Waals surface area (Å²) in [6.07, 6.45) is -1.30. The number of methoxy groups -OCH3 is 1. The summed E-state index contributed by atoms with van der Waals surface area (Å²) in [7, 11) is -2.38. The first kappa shape index (κ1) is 23.6. The van der Waals surface area contributed by atoms with E-state index in [1.807, 2.05) is 0 Å². The molecule has 1 aliphatic heterocycles. The summed E-state index contributed by atoms with van der Waals surface area (Å²) in [4.78, 5) is 12.7. The Morgan fingerprint density at radius 2 is 1.73 bits per heavy atom. The fraction of sp³-hybridized carbons (Fsp3) is 0.435. The lowest BCUT2D eigenvalue weighted by atomic mass is 10.1. The standard InChI is InChI=1S/C23H25F3N2O4S/c1-32-20-10-9-17(13-21(20)33(30,31)28-11-3-2-4-12-28)27-22(29)19-14-18(19)15-5-7-16(8-6-15)23(24,25)26/h5-10,13,18-19H,2-4,11-12,14H2,1H3,(H,27,29). The number of carbonyl (C=O) groups is 1. The van der Waals surface area contributed by atoms with Gasteiger partial charge in [-0.05, 0) is 61.1 Å². The molecular weight excluding hydrogens is 457 g/mol. The van der Waals surface area contributed by atoms with Crippen LogP contribution < -0.4 is 10.1 Å². The van der Waals surface area contributed by atoms with Crippen LogP contribution in [0.5, 0.6) is 5.75 Å². The molecule has 2 unspecified atom stereocenters. The SMILES string of the molecule is COc1ccc(NC(=O)C2CC2c2ccc(C(F)(F)F)cc2)cc1S(=O)(=O)N1CCCCC1. The molecule has 0 aromatic heterocycles. The van der Waals surface area contributed by atoms with Crippen molar-refractivity contribution < 1.29 is 31.1 Å². The van der Waals surface area contributed by atoms with Crippen molar-refractivity contribution in [2.45, 2.75) is 42.7 Å². The maximum atomic E-state index is 13.1. The molecule has 0 bridgehead atoms. The van der Waals surface area contributed by atoms with Crippen LogP contribution in [0, 0.1) is 5.92 Å². The summed E-state index contributed by atoms with van der Waals surface area (Å²) in [5.41, 5.74) is 0.272. The summed E-state index contributed by atoms with van der Waals surface area (Å²) >= 11 is 0. The van der Waals surface area contributed by atoms with E-state index in [2.05, 4.69) is 5.32 Å². The van der Waals surface area contributed by atoms with Gasteiger partial charge in [0.2, 0.25) is 15.9 Å². The number of halogens is 3. The predicted molar refractivity (Wildman–Crippen MR) is 117 cm³/mol. The fourth-order valence-corrected chi connectivity index (χ4v) is 5.91. The molecule has 2 aromatic carbocycles. The lowest BCUT2D eigenvalue weighted by Gasteiger charge is -2.26. The minimum absolute atomic E-state index is 0.000198. The summed E-state index contributed by atoms with van der Waals surface area (Å²) in [5, 5.41) is 2.75. The number of carbonyl (C=O) groups excluding carboxylic acids is 1. The number of piperidine rings is 1. The Kier molecular flexibility index (Phi) is 6.41. The van der Waals surface area contributed by atoms with Crippen molar-refractivity contribution in [1.29, 1.82) is 0 Å². The van der Waals surface area contributed by atoms with Gasteiger partial charge in [-0.25, -0.2) is 8.42 Å². The second kappa shape index (κ2) is 8.98. The van der Waals surface area contributed by atoms with Gasteiger partial charge in [0, 0.05) is 24.7 Å². The molecule has 2 aliphatic rings. The van der Waals surface area contributed by atoms with Crippen molar-refractivity contribution in [3.63, 3.8) is 0 Å². The minimum Gasteiger partial charge on any atom is -0.495 e. The molecule has 1 saturated carbocycles. The van der Waals surface area contributed by atoms with Crippen molar-refractivity contribution in [3.8, 4) is 5.75 Å². The highest BCUT2D eigenvalue weighted by Gasteiger charge is 2.44. The molecule has 1 heterocycles. The normalized spacial score (nSPS) is 21.5. The Hall–Kier alpha value is -2.59. The van der Waals surface area contributed by atoms with Crippen LogP contribution in [0.4, 0.5) is 18.9 Å². The maximum Gasteiger partial charge on any atom is 0.416 e. The molecule has 4 rings (SSSR count). The van der Waals surface area contributed by atoms with Gasteiger partial charge >= 0.3 is 6.18 Å². The van der Waals surface area contributed by atoms with E-state index in [1.165, 1.54) is 35.7 Å². The van der Waals surface area contributed by atoms with Crippen LogP contribution in [-0.4, -0.2) is 38.8 Å². The van der Waals surface area contributed by atoms with Crippen LogP contribution in [0.2, 0.25) is 0 Å². The average molecular weight is 483 g/mol. The molecular formula is C23H25F3N2O4S. The van der Waals surface area contributed by atoms with E-state index < -0.39 is 21.8 Å². The van der Waals surface area contributed by atoms with E-state index >= 15 is 0 Å². The molecule has 1 saturated heterocycles. The Morgan fingerprint density at radius 3 is 2.33 bits per heavy atom. The van der Waals surface area contributed by atoms with E-state index in [9.17, 15) is 26.4 Å². The van der Waals surface area contributed by atoms with Gasteiger partial charge in [0.25, 0.3) is 0 Å². The minimum atomic E-state index is -4.40. The number of amides is 1. The number of hydrogen-bond donors (Lipinski definition) is 1. The van der Waals surface area contributed by atoms with Gasteiger partial charge in [0.1, 0.15) is 10.6 Å². The Labute approximate surface area is 190 Å². The van der Waals surface area contributed by atoms with Gasteiger partial charge < -0.3 is 10.1 Å². The number of sulfonamides is 1. The number of ether oxygens (including phenoxy) is 1. The molecule has 1 aliphatic carbocycles. The summed E-state index contributed by atoms with van der Waals surface area (Å²) < 4.78 is 71.2. The number of anilines is 1. The fourth-order valence-electron chi connectivity index (χ4n) is 4.21. The van der Waals surface area contributed by atoms with Crippen molar-refractivity contribution >= 4 is 21.6 Å². The molecule has 6 nitrogen and oxygen atoms in total. The summed E-state index contributed by atoms with van der Waals surface area (Å²) in [6.45, 7) is 0.887. The van der Waals surface area contributed by atoms with Gasteiger partial charge in [0.05, 0.1) is 12.7 Å². The number of benzene rings is 2. The van der Waals surface area contributed by atoms with Gasteiger partial charge in [0.15, 0.2) is 0 Å². The van der Waals surface area contributed by atoms with E-state index in [4.69, 9.17) is 4.74 Å². The quantitative estimate of drug-likeness (QED) is 0.652. The number of hydrogen-bond acceptors (Lipinski definition) is 4. The molecule has 1 N–H and O–H groups in total. The zero-order valence-corrected chi connectivity index (χ0v) is 18.9. The first-order valence-corrected chi connectivity index (χ1v) is 12.2. The van der Waals surface area contributed by atoms with E-state index in [0.29, 0.717) is 30.8 Å². The number of nitrogens with one attached hydrogen (secondary N) is 1. The molecule has 178 valence electrons. The molecule has 33 heavy (non-hydrogen) atoms. The lowest BCUT2D eigenvalue weighted by molar-refractivity contribution is -0.137. The van der Waals surface area contributed by atoms with Crippen LogP contribution >= 0.6 is 0 Å². The van der Waals surface area contributed by atoms with Crippen molar-refractivity contribution in [2.75, 3.05) is 25.5 Å². The number of alkyl halides is 3. The van der Waals surface area contributed by atoms with Crippen molar-refractivity contribution in [2.24, 2.45) is 5.92 Å². The summed E-state index contributed by atoms with van der Waals surface area (Å²) in [5.74, 6) is -0.646. The zero-order chi connectivity index (χ0) is 23.8. The predicted octanol–water partition coefficient (Wildman–Crippen LogP) is 4.63. The van der Waals surface area contributed by atoms with Crippen molar-refractivity contribution in [1.82, 2.24) is 4.31 Å². The first-order valence-electron chi connectivity index (χ1n) is 10.8. The average Bonchev–Trinajstić information content (AvgIpc) is 3.60. The highest BCUT2D eigenvalue weighted by molar-refractivity contribution is 7.89. The number of rotatable bonds is 6. The van der Waals surface area contributed by atoms with Crippen LogP contribution in [0.1, 0.15) is 42.7 Å².